The molecule has 0 atom stereocenters. The molecule has 0 saturated heterocycles. The molecule has 0 radical (unpaired) electrons. The Morgan fingerprint density at radius 1 is 1.16 bits per heavy atom. The fourth-order valence-corrected chi connectivity index (χ4v) is 2.15. The lowest BCUT2D eigenvalue weighted by Gasteiger charge is -2.13. The third-order valence-corrected chi connectivity index (χ3v) is 2.94. The van der Waals surface area contributed by atoms with E-state index in [0.29, 0.717) is 0 Å². The third kappa shape index (κ3) is 3.08. The lowest BCUT2D eigenvalue weighted by atomic mass is 10.0. The van der Waals surface area contributed by atoms with Gasteiger partial charge in [0.15, 0.2) is 0 Å². The summed E-state index contributed by atoms with van der Waals surface area (Å²) in [5.41, 5.74) is 4.37. The number of rotatable bonds is 5. The minimum atomic E-state index is 0.860. The van der Waals surface area contributed by atoms with Gasteiger partial charge >= 0.3 is 0 Å². The Labute approximate surface area is 114 Å². The highest BCUT2D eigenvalue weighted by Gasteiger charge is 2.12. The van der Waals surface area contributed by atoms with Gasteiger partial charge in [-0.25, -0.2) is 9.97 Å². The molecule has 0 amide bonds. The van der Waals surface area contributed by atoms with Gasteiger partial charge in [-0.2, -0.15) is 0 Å². The maximum atomic E-state index is 4.46. The minimum absolute atomic E-state index is 0.860. The summed E-state index contributed by atoms with van der Waals surface area (Å²) in [6.07, 6.45) is 7.37. The molecule has 0 bridgehead atoms. The molecule has 2 aromatic heterocycles. The van der Waals surface area contributed by atoms with E-state index in [2.05, 4.69) is 40.2 Å². The second kappa shape index (κ2) is 6.27. The molecule has 4 nitrogen and oxygen atoms in total. The molecular formula is C15H20N4. The SMILES string of the molecule is CCCc1c(NCC)ncnc1-c1cncc(C)c1. The van der Waals surface area contributed by atoms with Crippen LogP contribution in [0.2, 0.25) is 0 Å². The Balaban J connectivity index is 2.52. The molecule has 100 valence electrons. The van der Waals surface area contributed by atoms with Crippen molar-refractivity contribution in [2.75, 3.05) is 11.9 Å². The number of anilines is 1. The average Bonchev–Trinajstić information content (AvgIpc) is 2.41. The lowest BCUT2D eigenvalue weighted by molar-refractivity contribution is 0.902. The topological polar surface area (TPSA) is 50.7 Å². The van der Waals surface area contributed by atoms with Gasteiger partial charge in [-0.05, 0) is 31.9 Å². The van der Waals surface area contributed by atoms with Gasteiger partial charge in [0.1, 0.15) is 12.1 Å². The summed E-state index contributed by atoms with van der Waals surface area (Å²) in [7, 11) is 0. The van der Waals surface area contributed by atoms with Crippen molar-refractivity contribution in [3.8, 4) is 11.3 Å². The van der Waals surface area contributed by atoms with Crippen LogP contribution in [0.3, 0.4) is 0 Å². The first-order valence-electron chi connectivity index (χ1n) is 6.76. The van der Waals surface area contributed by atoms with Gasteiger partial charge in [-0.15, -0.1) is 0 Å². The zero-order valence-electron chi connectivity index (χ0n) is 11.8. The number of nitrogens with zero attached hydrogens (tertiary/aromatic N) is 3. The molecule has 0 aromatic carbocycles. The van der Waals surface area contributed by atoms with Crippen LogP contribution in [0.25, 0.3) is 11.3 Å². The van der Waals surface area contributed by atoms with Crippen molar-refractivity contribution in [3.63, 3.8) is 0 Å². The summed E-state index contributed by atoms with van der Waals surface area (Å²) in [6.45, 7) is 7.15. The smallest absolute Gasteiger partial charge is 0.133 e. The van der Waals surface area contributed by atoms with Crippen LogP contribution in [-0.2, 0) is 6.42 Å². The first-order valence-corrected chi connectivity index (χ1v) is 6.76. The van der Waals surface area contributed by atoms with E-state index in [0.717, 1.165) is 42.0 Å². The Morgan fingerprint density at radius 3 is 2.68 bits per heavy atom. The number of aromatic nitrogens is 3. The van der Waals surface area contributed by atoms with Crippen molar-refractivity contribution >= 4 is 5.82 Å². The zero-order valence-corrected chi connectivity index (χ0v) is 11.8. The van der Waals surface area contributed by atoms with Crippen LogP contribution in [0.15, 0.2) is 24.8 Å². The molecule has 0 fully saturated rings. The van der Waals surface area contributed by atoms with Crippen LogP contribution < -0.4 is 5.32 Å². The fourth-order valence-electron chi connectivity index (χ4n) is 2.15. The summed E-state index contributed by atoms with van der Waals surface area (Å²) in [6, 6.07) is 2.12. The van der Waals surface area contributed by atoms with E-state index in [1.165, 1.54) is 5.56 Å². The molecule has 0 aliphatic heterocycles. The maximum Gasteiger partial charge on any atom is 0.133 e. The van der Waals surface area contributed by atoms with Crippen molar-refractivity contribution in [1.82, 2.24) is 15.0 Å². The Morgan fingerprint density at radius 2 is 2.00 bits per heavy atom. The van der Waals surface area contributed by atoms with Gasteiger partial charge in [-0.1, -0.05) is 13.3 Å². The molecule has 2 rings (SSSR count). The Bertz CT molecular complexity index is 552. The summed E-state index contributed by atoms with van der Waals surface area (Å²) in [5, 5.41) is 3.31. The average molecular weight is 256 g/mol. The molecule has 0 unspecified atom stereocenters. The number of aryl methyl sites for hydroxylation is 1. The minimum Gasteiger partial charge on any atom is -0.370 e. The highest BCUT2D eigenvalue weighted by molar-refractivity contribution is 5.68. The van der Waals surface area contributed by atoms with Crippen LogP contribution in [-0.4, -0.2) is 21.5 Å². The molecule has 0 saturated carbocycles. The number of pyridine rings is 1. The molecule has 0 aliphatic rings. The molecule has 4 heteroatoms. The monoisotopic (exact) mass is 256 g/mol. The highest BCUT2D eigenvalue weighted by Crippen LogP contribution is 2.26. The van der Waals surface area contributed by atoms with E-state index in [1.54, 1.807) is 6.33 Å². The van der Waals surface area contributed by atoms with Gasteiger partial charge in [0.25, 0.3) is 0 Å². The standard InChI is InChI=1S/C15H20N4/c1-4-6-13-14(12-7-11(3)8-16-9-12)18-10-19-15(13)17-5-2/h7-10H,4-6H2,1-3H3,(H,17,18,19). The van der Waals surface area contributed by atoms with E-state index >= 15 is 0 Å². The summed E-state index contributed by atoms with van der Waals surface area (Å²) in [5.74, 6) is 0.941. The molecular weight excluding hydrogens is 236 g/mol. The third-order valence-electron chi connectivity index (χ3n) is 2.94. The van der Waals surface area contributed by atoms with Crippen molar-refractivity contribution in [1.29, 1.82) is 0 Å². The van der Waals surface area contributed by atoms with Gasteiger partial charge in [-0.3, -0.25) is 4.98 Å². The van der Waals surface area contributed by atoms with Crippen LogP contribution in [0.5, 0.6) is 0 Å². The number of hydrogen-bond donors (Lipinski definition) is 1. The zero-order chi connectivity index (χ0) is 13.7. The van der Waals surface area contributed by atoms with Crippen LogP contribution in [0.1, 0.15) is 31.4 Å². The van der Waals surface area contributed by atoms with Crippen molar-refractivity contribution in [3.05, 3.63) is 35.9 Å². The van der Waals surface area contributed by atoms with Crippen LogP contribution >= 0.6 is 0 Å². The molecule has 19 heavy (non-hydrogen) atoms. The predicted molar refractivity (Wildman–Crippen MR) is 78.2 cm³/mol. The van der Waals surface area contributed by atoms with E-state index in [4.69, 9.17) is 0 Å². The van der Waals surface area contributed by atoms with Gasteiger partial charge in [0.2, 0.25) is 0 Å². The van der Waals surface area contributed by atoms with Gasteiger partial charge in [0, 0.05) is 30.1 Å². The van der Waals surface area contributed by atoms with Gasteiger partial charge < -0.3 is 5.32 Å². The van der Waals surface area contributed by atoms with E-state index in [1.807, 2.05) is 19.3 Å². The normalized spacial score (nSPS) is 10.5. The summed E-state index contributed by atoms with van der Waals surface area (Å²) >= 11 is 0. The number of nitrogens with one attached hydrogen (secondary N) is 1. The molecule has 1 N–H and O–H groups in total. The quantitative estimate of drug-likeness (QED) is 0.892. The van der Waals surface area contributed by atoms with Gasteiger partial charge in [0.05, 0.1) is 5.69 Å². The summed E-state index contributed by atoms with van der Waals surface area (Å²) < 4.78 is 0. The van der Waals surface area contributed by atoms with Crippen molar-refractivity contribution in [2.24, 2.45) is 0 Å². The first-order chi connectivity index (χ1) is 9.26. The second-order valence-electron chi connectivity index (χ2n) is 4.58. The summed E-state index contributed by atoms with van der Waals surface area (Å²) in [4.78, 5) is 13.1. The molecule has 0 aliphatic carbocycles. The second-order valence-corrected chi connectivity index (χ2v) is 4.58. The van der Waals surface area contributed by atoms with E-state index in [-0.39, 0.29) is 0 Å². The lowest BCUT2D eigenvalue weighted by Crippen LogP contribution is -2.06. The Hall–Kier alpha value is -1.97. The highest BCUT2D eigenvalue weighted by atomic mass is 15.0. The van der Waals surface area contributed by atoms with Crippen LogP contribution in [0, 0.1) is 6.92 Å². The first kappa shape index (κ1) is 13.5. The fraction of sp³-hybridized carbons (Fsp3) is 0.400. The van der Waals surface area contributed by atoms with Crippen molar-refractivity contribution in [2.45, 2.75) is 33.6 Å². The van der Waals surface area contributed by atoms with E-state index in [9.17, 15) is 0 Å². The maximum absolute atomic E-state index is 4.46. The molecule has 2 aromatic rings. The largest absolute Gasteiger partial charge is 0.370 e. The molecule has 2 heterocycles. The Kier molecular flexibility index (Phi) is 4.44. The molecule has 0 spiro atoms. The number of hydrogen-bond acceptors (Lipinski definition) is 4. The van der Waals surface area contributed by atoms with Crippen LogP contribution in [0.4, 0.5) is 5.82 Å². The van der Waals surface area contributed by atoms with Crippen molar-refractivity contribution < 1.29 is 0 Å². The predicted octanol–water partition coefficient (Wildman–Crippen LogP) is 3.23. The van der Waals surface area contributed by atoms with E-state index < -0.39 is 0 Å².